The van der Waals surface area contributed by atoms with E-state index in [4.69, 9.17) is 9.72 Å². The molecular weight excluding hydrogens is 348 g/mol. The number of nitrogens with zero attached hydrogens (tertiary/aromatic N) is 2. The zero-order valence-corrected chi connectivity index (χ0v) is 17.8. The van der Waals surface area contributed by atoms with E-state index in [-0.39, 0.29) is 11.4 Å². The molecule has 1 fully saturated rings. The smallest absolute Gasteiger partial charge is 0.338 e. The molecule has 0 unspecified atom stereocenters. The van der Waals surface area contributed by atoms with Crippen molar-refractivity contribution in [2.45, 2.75) is 78.2 Å². The number of carbonyl (C=O) groups is 1. The highest BCUT2D eigenvalue weighted by molar-refractivity contribution is 5.96. The molecule has 1 aliphatic carbocycles. The number of ether oxygens (including phenoxy) is 1. The summed E-state index contributed by atoms with van der Waals surface area (Å²) in [5.41, 5.74) is 2.27. The standard InChI is InChI=1S/C24H34N2O2/c1-5-15-28-22(27)20-14-10-9-13-19(20)21-17-26(23(25-21)24(2,3)4)16-18-11-7-6-8-12-18/h9-10,13-14,17-18H,5-8,11-12,15-16H2,1-4H3. The van der Waals surface area contributed by atoms with E-state index in [2.05, 4.69) is 31.5 Å². The molecule has 4 heteroatoms. The van der Waals surface area contributed by atoms with Crippen molar-refractivity contribution in [1.29, 1.82) is 0 Å². The van der Waals surface area contributed by atoms with Gasteiger partial charge in [0.1, 0.15) is 5.82 Å². The highest BCUT2D eigenvalue weighted by Crippen LogP contribution is 2.31. The fourth-order valence-corrected chi connectivity index (χ4v) is 4.09. The summed E-state index contributed by atoms with van der Waals surface area (Å²) in [7, 11) is 0. The number of carbonyl (C=O) groups excluding carboxylic acids is 1. The molecule has 1 aromatic carbocycles. The molecule has 4 nitrogen and oxygen atoms in total. The number of imidazole rings is 1. The summed E-state index contributed by atoms with van der Waals surface area (Å²) in [6.07, 6.45) is 9.60. The van der Waals surface area contributed by atoms with Crippen LogP contribution in [0.2, 0.25) is 0 Å². The van der Waals surface area contributed by atoms with E-state index in [1.807, 2.05) is 31.2 Å². The Hall–Kier alpha value is -2.10. The molecule has 28 heavy (non-hydrogen) atoms. The Balaban J connectivity index is 1.95. The largest absolute Gasteiger partial charge is 0.462 e. The van der Waals surface area contributed by atoms with Crippen LogP contribution in [0.25, 0.3) is 11.3 Å². The maximum Gasteiger partial charge on any atom is 0.338 e. The van der Waals surface area contributed by atoms with Gasteiger partial charge in [0.25, 0.3) is 0 Å². The second-order valence-corrected chi connectivity index (χ2v) is 9.04. The van der Waals surface area contributed by atoms with Crippen molar-refractivity contribution in [3.63, 3.8) is 0 Å². The zero-order chi connectivity index (χ0) is 20.1. The van der Waals surface area contributed by atoms with Crippen LogP contribution < -0.4 is 0 Å². The Morgan fingerprint density at radius 3 is 2.57 bits per heavy atom. The Morgan fingerprint density at radius 2 is 1.89 bits per heavy atom. The van der Waals surface area contributed by atoms with Gasteiger partial charge >= 0.3 is 5.97 Å². The van der Waals surface area contributed by atoms with E-state index in [1.54, 1.807) is 0 Å². The van der Waals surface area contributed by atoms with Crippen LogP contribution in [-0.2, 0) is 16.7 Å². The third-order valence-electron chi connectivity index (χ3n) is 5.49. The summed E-state index contributed by atoms with van der Waals surface area (Å²) in [4.78, 5) is 17.5. The lowest BCUT2D eigenvalue weighted by molar-refractivity contribution is 0.0506. The summed E-state index contributed by atoms with van der Waals surface area (Å²) < 4.78 is 7.72. The van der Waals surface area contributed by atoms with Gasteiger partial charge in [-0.2, -0.15) is 0 Å². The molecule has 1 aromatic heterocycles. The summed E-state index contributed by atoms with van der Waals surface area (Å²) >= 11 is 0. The van der Waals surface area contributed by atoms with Gasteiger partial charge in [-0.3, -0.25) is 0 Å². The van der Waals surface area contributed by atoms with Crippen molar-refractivity contribution >= 4 is 5.97 Å². The van der Waals surface area contributed by atoms with Crippen LogP contribution in [0.5, 0.6) is 0 Å². The van der Waals surface area contributed by atoms with Crippen molar-refractivity contribution in [2.75, 3.05) is 6.61 Å². The third kappa shape index (κ3) is 4.84. The molecule has 0 radical (unpaired) electrons. The average Bonchev–Trinajstić information content (AvgIpc) is 3.11. The zero-order valence-electron chi connectivity index (χ0n) is 17.8. The molecule has 1 saturated carbocycles. The monoisotopic (exact) mass is 382 g/mol. The molecule has 0 spiro atoms. The second kappa shape index (κ2) is 8.93. The third-order valence-corrected chi connectivity index (χ3v) is 5.49. The van der Waals surface area contributed by atoms with Crippen molar-refractivity contribution in [3.05, 3.63) is 41.9 Å². The number of hydrogen-bond donors (Lipinski definition) is 0. The van der Waals surface area contributed by atoms with E-state index < -0.39 is 0 Å². The molecule has 1 aliphatic rings. The normalized spacial score (nSPS) is 15.6. The number of aromatic nitrogens is 2. The van der Waals surface area contributed by atoms with Crippen molar-refractivity contribution in [2.24, 2.45) is 5.92 Å². The van der Waals surface area contributed by atoms with Crippen LogP contribution >= 0.6 is 0 Å². The fraction of sp³-hybridized carbons (Fsp3) is 0.583. The molecule has 2 aromatic rings. The SMILES string of the molecule is CCCOC(=O)c1ccccc1-c1cn(CC2CCCCC2)c(C(C)(C)C)n1. The predicted octanol–water partition coefficient (Wildman–Crippen LogP) is 5.99. The van der Waals surface area contributed by atoms with Crippen LogP contribution in [0.4, 0.5) is 0 Å². The average molecular weight is 383 g/mol. The molecule has 0 N–H and O–H groups in total. The van der Waals surface area contributed by atoms with E-state index in [9.17, 15) is 4.79 Å². The van der Waals surface area contributed by atoms with Gasteiger partial charge in [-0.05, 0) is 31.2 Å². The molecule has 0 bridgehead atoms. The Kier molecular flexibility index (Phi) is 6.58. The lowest BCUT2D eigenvalue weighted by Gasteiger charge is -2.25. The first kappa shape index (κ1) is 20.6. The summed E-state index contributed by atoms with van der Waals surface area (Å²) in [6, 6.07) is 7.66. The fourth-order valence-electron chi connectivity index (χ4n) is 4.09. The topological polar surface area (TPSA) is 44.1 Å². The molecule has 0 amide bonds. The first-order chi connectivity index (χ1) is 13.4. The van der Waals surface area contributed by atoms with Gasteiger partial charge in [0.15, 0.2) is 0 Å². The van der Waals surface area contributed by atoms with Crippen LogP contribution in [0.1, 0.15) is 82.4 Å². The van der Waals surface area contributed by atoms with Crippen LogP contribution in [-0.4, -0.2) is 22.1 Å². The Labute approximate surface area is 169 Å². The minimum absolute atomic E-state index is 0.0510. The first-order valence-corrected chi connectivity index (χ1v) is 10.7. The first-order valence-electron chi connectivity index (χ1n) is 10.7. The van der Waals surface area contributed by atoms with E-state index in [1.165, 1.54) is 32.1 Å². The maximum absolute atomic E-state index is 12.5. The quantitative estimate of drug-likeness (QED) is 0.576. The number of esters is 1. The summed E-state index contributed by atoms with van der Waals surface area (Å²) in [5, 5.41) is 0. The molecule has 0 aliphatic heterocycles. The van der Waals surface area contributed by atoms with Gasteiger partial charge in [-0.25, -0.2) is 9.78 Å². The van der Waals surface area contributed by atoms with E-state index in [0.717, 1.165) is 36.0 Å². The minimum atomic E-state index is -0.267. The van der Waals surface area contributed by atoms with Gasteiger partial charge in [-0.1, -0.05) is 65.2 Å². The molecule has 3 rings (SSSR count). The predicted molar refractivity (Wildman–Crippen MR) is 114 cm³/mol. The molecule has 0 saturated heterocycles. The Bertz CT molecular complexity index is 795. The molecule has 152 valence electrons. The van der Waals surface area contributed by atoms with Gasteiger partial charge in [0, 0.05) is 23.7 Å². The molecular formula is C24H34N2O2. The van der Waals surface area contributed by atoms with Gasteiger partial charge in [0.05, 0.1) is 17.9 Å². The van der Waals surface area contributed by atoms with E-state index in [0.29, 0.717) is 12.2 Å². The number of hydrogen-bond acceptors (Lipinski definition) is 3. The Morgan fingerprint density at radius 1 is 1.18 bits per heavy atom. The number of rotatable bonds is 6. The van der Waals surface area contributed by atoms with Gasteiger partial charge in [-0.15, -0.1) is 0 Å². The van der Waals surface area contributed by atoms with Crippen molar-refractivity contribution in [1.82, 2.24) is 9.55 Å². The van der Waals surface area contributed by atoms with Crippen LogP contribution in [0, 0.1) is 5.92 Å². The maximum atomic E-state index is 12.5. The molecule has 1 heterocycles. The highest BCUT2D eigenvalue weighted by Gasteiger charge is 2.25. The summed E-state index contributed by atoms with van der Waals surface area (Å²) in [6.45, 7) is 10.1. The van der Waals surface area contributed by atoms with E-state index >= 15 is 0 Å². The summed E-state index contributed by atoms with van der Waals surface area (Å²) in [5.74, 6) is 1.54. The lowest BCUT2D eigenvalue weighted by Crippen LogP contribution is -2.22. The minimum Gasteiger partial charge on any atom is -0.462 e. The van der Waals surface area contributed by atoms with Crippen molar-refractivity contribution < 1.29 is 9.53 Å². The van der Waals surface area contributed by atoms with Gasteiger partial charge in [0.2, 0.25) is 0 Å². The lowest BCUT2D eigenvalue weighted by atomic mass is 9.88. The van der Waals surface area contributed by atoms with Crippen LogP contribution in [0.15, 0.2) is 30.5 Å². The second-order valence-electron chi connectivity index (χ2n) is 9.04. The van der Waals surface area contributed by atoms with Gasteiger partial charge < -0.3 is 9.30 Å². The molecule has 0 atom stereocenters. The highest BCUT2D eigenvalue weighted by atomic mass is 16.5. The van der Waals surface area contributed by atoms with Crippen molar-refractivity contribution in [3.8, 4) is 11.3 Å². The number of benzene rings is 1. The van der Waals surface area contributed by atoms with Crippen LogP contribution in [0.3, 0.4) is 0 Å².